The number of thiol groups is 1. The van der Waals surface area contributed by atoms with Crippen LogP contribution in [0.15, 0.2) is 109 Å². The molecule has 4 heterocycles. The Labute approximate surface area is 337 Å². The van der Waals surface area contributed by atoms with Crippen LogP contribution < -0.4 is 16.0 Å². The fraction of sp³-hybridized carbons (Fsp3) is 0.435. The number of carbonyl (C=O) groups excluding carboxylic acids is 2. The maximum Gasteiger partial charge on any atom is 0.165 e. The predicted octanol–water partition coefficient (Wildman–Crippen LogP) is 9.91. The van der Waals surface area contributed by atoms with Crippen LogP contribution in [0, 0.1) is 0 Å². The summed E-state index contributed by atoms with van der Waals surface area (Å²) in [5.74, 6) is 1.51. The normalized spacial score (nSPS) is 18.3. The molecule has 4 aliphatic rings. The van der Waals surface area contributed by atoms with Gasteiger partial charge in [-0.15, -0.1) is 0 Å². The molecule has 2 saturated heterocycles. The number of alkyl halides is 1. The summed E-state index contributed by atoms with van der Waals surface area (Å²) in [5.41, 5.74) is 6.82. The lowest BCUT2D eigenvalue weighted by molar-refractivity contribution is 0.0961. The quantitative estimate of drug-likeness (QED) is 0.119. The fourth-order valence-electron chi connectivity index (χ4n) is 7.89. The summed E-state index contributed by atoms with van der Waals surface area (Å²) in [7, 11) is 0. The van der Waals surface area contributed by atoms with Gasteiger partial charge in [0.1, 0.15) is 0 Å². The Morgan fingerprint density at radius 3 is 1.52 bits per heavy atom. The van der Waals surface area contributed by atoms with Gasteiger partial charge in [-0.1, -0.05) is 108 Å². The maximum atomic E-state index is 12.4. The lowest BCUT2D eigenvalue weighted by atomic mass is 9.83. The van der Waals surface area contributed by atoms with Crippen LogP contribution in [0.2, 0.25) is 0 Å². The number of hydrogen-bond donors (Lipinski definition) is 4. The van der Waals surface area contributed by atoms with E-state index in [1.54, 1.807) is 0 Å². The Bertz CT molecular complexity index is 1720. The minimum atomic E-state index is 0.0888. The topological polar surface area (TPSA) is 73.5 Å². The molecule has 0 amide bonds. The number of piperidine rings is 2. The van der Waals surface area contributed by atoms with Crippen molar-refractivity contribution in [3.63, 3.8) is 0 Å². The van der Waals surface area contributed by atoms with Crippen molar-refractivity contribution >= 4 is 51.5 Å². The van der Waals surface area contributed by atoms with E-state index in [0.29, 0.717) is 12.8 Å². The average molecular weight is 812 g/mol. The van der Waals surface area contributed by atoms with Crippen LogP contribution in [0.25, 0.3) is 0 Å². The number of benzene rings is 4. The molecule has 0 radical (unpaired) electrons. The number of hydrogen-bond acceptors (Lipinski definition) is 7. The van der Waals surface area contributed by atoms with Crippen molar-refractivity contribution in [2.75, 3.05) is 54.4 Å². The number of anilines is 2. The Hall–Kier alpha value is -3.43. The highest BCUT2D eigenvalue weighted by atomic mass is 79.9. The number of carbonyl (C=O) groups is 2. The van der Waals surface area contributed by atoms with Crippen LogP contribution in [0.1, 0.15) is 90.1 Å². The summed E-state index contributed by atoms with van der Waals surface area (Å²) >= 11 is 7.17. The number of fused-ring (bicyclic) bond motifs is 2. The van der Waals surface area contributed by atoms with Gasteiger partial charge in [-0.2, -0.15) is 12.6 Å². The summed E-state index contributed by atoms with van der Waals surface area (Å²) in [6.45, 7) is 7.41. The number of likely N-dealkylation sites (tertiary alicyclic amines) is 1. The summed E-state index contributed by atoms with van der Waals surface area (Å²) in [6.07, 6.45) is 9.92. The molecular formula is C46H59BrN4O2S. The van der Waals surface area contributed by atoms with Crippen LogP contribution in [0.3, 0.4) is 0 Å². The highest BCUT2D eigenvalue weighted by Gasteiger charge is 2.38. The Morgan fingerprint density at radius 1 is 0.611 bits per heavy atom. The Kier molecular flexibility index (Phi) is 16.7. The van der Waals surface area contributed by atoms with Crippen LogP contribution >= 0.6 is 28.6 Å². The maximum absolute atomic E-state index is 12.4. The molecule has 0 saturated carbocycles. The fourth-order valence-corrected chi connectivity index (χ4v) is 8.35. The molecule has 6 nitrogen and oxygen atoms in total. The molecule has 4 aromatic carbocycles. The third-order valence-corrected chi connectivity index (χ3v) is 11.5. The van der Waals surface area contributed by atoms with E-state index in [0.717, 1.165) is 118 Å². The van der Waals surface area contributed by atoms with Gasteiger partial charge in [-0.25, -0.2) is 0 Å². The van der Waals surface area contributed by atoms with E-state index in [2.05, 4.69) is 110 Å². The Morgan fingerprint density at radius 2 is 1.04 bits per heavy atom. The zero-order valence-electron chi connectivity index (χ0n) is 32.0. The summed E-state index contributed by atoms with van der Waals surface area (Å²) in [6, 6.07) is 37.1. The lowest BCUT2D eigenvalue weighted by Crippen LogP contribution is -2.49. The van der Waals surface area contributed by atoms with Crippen molar-refractivity contribution in [3.8, 4) is 0 Å². The molecule has 2 fully saturated rings. The van der Waals surface area contributed by atoms with Crippen molar-refractivity contribution < 1.29 is 9.59 Å². The molecule has 0 atom stereocenters. The molecular weight excluding hydrogens is 753 g/mol. The second kappa shape index (κ2) is 21.6. The number of nitrogens with zero attached hydrogens (tertiary/aromatic N) is 1. The first-order chi connectivity index (χ1) is 26.4. The number of Topliss-reactive ketones (excluding diaryl/α,β-unsaturated/α-hetero) is 2. The van der Waals surface area contributed by atoms with E-state index in [9.17, 15) is 9.59 Å². The number of aryl methyl sites for hydroxylation is 1. The first kappa shape index (κ1) is 41.7. The van der Waals surface area contributed by atoms with E-state index in [-0.39, 0.29) is 22.6 Å². The third-order valence-electron chi connectivity index (χ3n) is 11.1. The summed E-state index contributed by atoms with van der Waals surface area (Å²) in [5, 5.41) is 11.8. The first-order valence-corrected chi connectivity index (χ1v) is 21.6. The van der Waals surface area contributed by atoms with Crippen molar-refractivity contribution in [1.82, 2.24) is 10.2 Å². The smallest absolute Gasteiger partial charge is 0.165 e. The van der Waals surface area contributed by atoms with E-state index >= 15 is 0 Å². The van der Waals surface area contributed by atoms with Gasteiger partial charge in [0, 0.05) is 71.4 Å². The summed E-state index contributed by atoms with van der Waals surface area (Å²) < 4.78 is 0. The third kappa shape index (κ3) is 12.3. The molecule has 4 aliphatic heterocycles. The first-order valence-electron chi connectivity index (χ1n) is 19.9. The number of nitrogens with one attached hydrogen (secondary N) is 3. The van der Waals surface area contributed by atoms with Crippen LogP contribution in [0.4, 0.5) is 11.4 Å². The monoisotopic (exact) mass is 810 g/mol. The molecule has 0 aromatic heterocycles. The largest absolute Gasteiger partial charge is 0.379 e. The van der Waals surface area contributed by atoms with Gasteiger partial charge < -0.3 is 20.9 Å². The zero-order valence-corrected chi connectivity index (χ0v) is 34.5. The predicted molar refractivity (Wildman–Crippen MR) is 234 cm³/mol. The van der Waals surface area contributed by atoms with E-state index < -0.39 is 0 Å². The Balaban J connectivity index is 0.000000166. The van der Waals surface area contributed by atoms with Crippen molar-refractivity contribution in [2.45, 2.75) is 82.2 Å². The second-order valence-electron chi connectivity index (χ2n) is 14.8. The van der Waals surface area contributed by atoms with Crippen LogP contribution in [0.5, 0.6) is 0 Å². The van der Waals surface area contributed by atoms with Gasteiger partial charge >= 0.3 is 0 Å². The summed E-state index contributed by atoms with van der Waals surface area (Å²) in [4.78, 5) is 27.0. The van der Waals surface area contributed by atoms with E-state index in [1.807, 2.05) is 55.5 Å². The molecule has 3 N–H and O–H groups in total. The SMILES string of the molecule is BrCCc1ccccc1.CCS.O=C1CCC2(CCN(CCc3ccccc3)CC2)Nc2ccccc21.O=C1CCC2(CCNCC2)Nc2ccccc21. The molecule has 288 valence electrons. The van der Waals surface area contributed by atoms with Crippen molar-refractivity contribution in [1.29, 1.82) is 0 Å². The number of para-hydroxylation sites is 2. The van der Waals surface area contributed by atoms with Crippen molar-refractivity contribution in [2.24, 2.45) is 0 Å². The minimum absolute atomic E-state index is 0.0888. The van der Waals surface area contributed by atoms with E-state index in [4.69, 9.17) is 0 Å². The number of rotatable bonds is 5. The van der Waals surface area contributed by atoms with Gasteiger partial charge in [-0.05, 0) is 106 Å². The molecule has 8 rings (SSSR count). The van der Waals surface area contributed by atoms with Crippen LogP contribution in [-0.4, -0.2) is 71.4 Å². The van der Waals surface area contributed by atoms with Crippen molar-refractivity contribution in [3.05, 3.63) is 131 Å². The van der Waals surface area contributed by atoms with Gasteiger partial charge in [-0.3, -0.25) is 9.59 Å². The standard InChI is InChI=1S/C22H26N2O.C14H18N2O.C8H9Br.C2H6S/c25-21-10-12-22(23-20-9-5-4-8-19(20)21)13-16-24(17-14-22)15-11-18-6-2-1-3-7-18;17-13-5-6-14(7-9-15-10-8-14)16-12-4-2-1-3-11(12)13;9-7-6-8-4-2-1-3-5-8;1-2-3/h1-9,23H,10-17H2;1-4,15-16H,5-10H2;1-5H,6-7H2;3H,2H2,1H3. The second-order valence-corrected chi connectivity index (χ2v) is 16.2. The van der Waals surface area contributed by atoms with E-state index in [1.165, 1.54) is 11.1 Å². The molecule has 2 spiro atoms. The molecule has 4 aromatic rings. The zero-order chi connectivity index (χ0) is 38.1. The molecule has 54 heavy (non-hydrogen) atoms. The van der Waals surface area contributed by atoms with Gasteiger partial charge in [0.15, 0.2) is 11.6 Å². The van der Waals surface area contributed by atoms with Crippen LogP contribution in [-0.2, 0) is 12.8 Å². The van der Waals surface area contributed by atoms with Gasteiger partial charge in [0.25, 0.3) is 0 Å². The lowest BCUT2D eigenvalue weighted by Gasteiger charge is -2.42. The number of ketones is 2. The van der Waals surface area contributed by atoms with Gasteiger partial charge in [0.05, 0.1) is 0 Å². The molecule has 0 aliphatic carbocycles. The highest BCUT2D eigenvalue weighted by Crippen LogP contribution is 2.37. The molecule has 0 bridgehead atoms. The molecule has 8 heteroatoms. The number of halogens is 1. The molecule has 0 unspecified atom stereocenters. The highest BCUT2D eigenvalue weighted by molar-refractivity contribution is 9.09. The van der Waals surface area contributed by atoms with Gasteiger partial charge in [0.2, 0.25) is 0 Å². The minimum Gasteiger partial charge on any atom is -0.379 e. The average Bonchev–Trinajstić information content (AvgIpc) is 3.43.